The van der Waals surface area contributed by atoms with Crippen molar-refractivity contribution in [1.29, 1.82) is 0 Å². The fourth-order valence-electron chi connectivity index (χ4n) is 1.54. The molecule has 1 aromatic rings. The third kappa shape index (κ3) is 3.63. The van der Waals surface area contributed by atoms with Gasteiger partial charge in [-0.3, -0.25) is 10.1 Å². The fraction of sp³-hybridized carbons (Fsp3) is 0.333. The molecule has 0 atom stereocenters. The summed E-state index contributed by atoms with van der Waals surface area (Å²) in [6.07, 6.45) is -3.17. The van der Waals surface area contributed by atoms with Crippen LogP contribution in [0.3, 0.4) is 0 Å². The minimum atomic E-state index is -4.62. The first-order valence-corrected chi connectivity index (χ1v) is 6.14. The molecule has 1 aliphatic rings. The van der Waals surface area contributed by atoms with Gasteiger partial charge in [-0.05, 0) is 31.0 Å². The van der Waals surface area contributed by atoms with Gasteiger partial charge in [0.2, 0.25) is 5.91 Å². The van der Waals surface area contributed by atoms with Crippen molar-refractivity contribution in [2.75, 3.05) is 5.32 Å². The first-order valence-electron chi connectivity index (χ1n) is 5.76. The van der Waals surface area contributed by atoms with Crippen LogP contribution in [0.4, 0.5) is 23.7 Å². The Bertz CT molecular complexity index is 556. The highest BCUT2D eigenvalue weighted by Gasteiger charge is 2.34. The van der Waals surface area contributed by atoms with Gasteiger partial charge in [0.1, 0.15) is 0 Å². The molecule has 20 heavy (non-hydrogen) atoms. The molecule has 4 nitrogen and oxygen atoms in total. The maximum absolute atomic E-state index is 12.6. The molecule has 0 heterocycles. The number of hydrogen-bond donors (Lipinski definition) is 2. The Morgan fingerprint density at radius 3 is 2.45 bits per heavy atom. The summed E-state index contributed by atoms with van der Waals surface area (Å²) < 4.78 is 37.9. The molecule has 2 rings (SSSR count). The van der Waals surface area contributed by atoms with Crippen LogP contribution in [0.2, 0.25) is 5.02 Å². The van der Waals surface area contributed by atoms with E-state index in [0.717, 1.165) is 18.9 Å². The predicted molar refractivity (Wildman–Crippen MR) is 66.3 cm³/mol. The molecule has 108 valence electrons. The summed E-state index contributed by atoms with van der Waals surface area (Å²) in [6.45, 7) is 0. The topological polar surface area (TPSA) is 58.2 Å². The Balaban J connectivity index is 2.05. The molecule has 0 saturated heterocycles. The number of hydrogen-bond acceptors (Lipinski definition) is 2. The van der Waals surface area contributed by atoms with Crippen molar-refractivity contribution in [2.24, 2.45) is 5.92 Å². The Kier molecular flexibility index (Phi) is 3.89. The summed E-state index contributed by atoms with van der Waals surface area (Å²) in [6, 6.07) is 2.10. The monoisotopic (exact) mass is 306 g/mol. The molecule has 1 aliphatic carbocycles. The zero-order chi connectivity index (χ0) is 14.9. The van der Waals surface area contributed by atoms with E-state index in [1.807, 2.05) is 0 Å². The van der Waals surface area contributed by atoms with E-state index in [2.05, 4.69) is 10.6 Å². The van der Waals surface area contributed by atoms with Crippen LogP contribution in [0.5, 0.6) is 0 Å². The highest BCUT2D eigenvalue weighted by atomic mass is 35.5. The third-order valence-corrected chi connectivity index (χ3v) is 3.04. The van der Waals surface area contributed by atoms with E-state index in [-0.39, 0.29) is 11.6 Å². The molecular formula is C12H10ClF3N2O2. The Morgan fingerprint density at radius 2 is 1.90 bits per heavy atom. The van der Waals surface area contributed by atoms with Crippen molar-refractivity contribution in [3.63, 3.8) is 0 Å². The van der Waals surface area contributed by atoms with Crippen LogP contribution in [0, 0.1) is 5.92 Å². The molecular weight excluding hydrogens is 297 g/mol. The lowest BCUT2D eigenvalue weighted by atomic mass is 10.2. The van der Waals surface area contributed by atoms with E-state index in [0.29, 0.717) is 6.07 Å². The van der Waals surface area contributed by atoms with Crippen LogP contribution in [0.15, 0.2) is 18.2 Å². The molecule has 1 aromatic carbocycles. The van der Waals surface area contributed by atoms with Crippen LogP contribution in [-0.4, -0.2) is 11.9 Å². The van der Waals surface area contributed by atoms with Gasteiger partial charge >= 0.3 is 12.2 Å². The van der Waals surface area contributed by atoms with Crippen LogP contribution in [-0.2, 0) is 11.0 Å². The van der Waals surface area contributed by atoms with Crippen molar-refractivity contribution in [3.05, 3.63) is 28.8 Å². The van der Waals surface area contributed by atoms with E-state index >= 15 is 0 Å². The molecule has 8 heteroatoms. The van der Waals surface area contributed by atoms with Crippen molar-refractivity contribution in [2.45, 2.75) is 19.0 Å². The highest BCUT2D eigenvalue weighted by Crippen LogP contribution is 2.36. The van der Waals surface area contributed by atoms with Gasteiger partial charge in [0, 0.05) is 11.6 Å². The van der Waals surface area contributed by atoms with Crippen LogP contribution in [0.25, 0.3) is 0 Å². The molecule has 2 N–H and O–H groups in total. The number of rotatable bonds is 2. The zero-order valence-electron chi connectivity index (χ0n) is 10.1. The summed E-state index contributed by atoms with van der Waals surface area (Å²) in [4.78, 5) is 22.8. The molecule has 0 aromatic heterocycles. The quantitative estimate of drug-likeness (QED) is 0.879. The summed E-state index contributed by atoms with van der Waals surface area (Å²) in [5.41, 5.74) is -1.15. The van der Waals surface area contributed by atoms with E-state index in [1.165, 1.54) is 6.07 Å². The zero-order valence-corrected chi connectivity index (χ0v) is 10.8. The number of carbonyl (C=O) groups excluding carboxylic acids is 2. The minimum absolute atomic E-state index is 0.0946. The van der Waals surface area contributed by atoms with Crippen LogP contribution in [0.1, 0.15) is 18.4 Å². The SMILES string of the molecule is O=C(NC(=O)C1CC1)Nc1ccc(Cl)c(C(F)(F)F)c1. The summed E-state index contributed by atoms with van der Waals surface area (Å²) in [5.74, 6) is -0.593. The third-order valence-electron chi connectivity index (χ3n) is 2.71. The molecule has 1 saturated carbocycles. The summed E-state index contributed by atoms with van der Waals surface area (Å²) in [7, 11) is 0. The largest absolute Gasteiger partial charge is 0.417 e. The number of anilines is 1. The van der Waals surface area contributed by atoms with Crippen LogP contribution < -0.4 is 10.6 Å². The lowest BCUT2D eigenvalue weighted by molar-refractivity contribution is -0.137. The van der Waals surface area contributed by atoms with E-state index < -0.39 is 28.7 Å². The van der Waals surface area contributed by atoms with Gasteiger partial charge in [-0.2, -0.15) is 13.2 Å². The lowest BCUT2D eigenvalue weighted by Crippen LogP contribution is -2.35. The fourth-order valence-corrected chi connectivity index (χ4v) is 1.77. The number of nitrogens with one attached hydrogen (secondary N) is 2. The van der Waals surface area contributed by atoms with Crippen molar-refractivity contribution >= 4 is 29.2 Å². The Labute approximate surface area is 117 Å². The highest BCUT2D eigenvalue weighted by molar-refractivity contribution is 6.31. The van der Waals surface area contributed by atoms with Crippen molar-refractivity contribution in [1.82, 2.24) is 5.32 Å². The van der Waals surface area contributed by atoms with Gasteiger partial charge in [-0.1, -0.05) is 11.6 Å². The molecule has 0 radical (unpaired) electrons. The standard InChI is InChI=1S/C12H10ClF3N2O2/c13-9-4-3-7(5-8(9)12(14,15)16)17-11(20)18-10(19)6-1-2-6/h3-6H,1-2H2,(H2,17,18,19,20). The van der Waals surface area contributed by atoms with Gasteiger partial charge < -0.3 is 5.32 Å². The number of amides is 3. The second kappa shape index (κ2) is 5.32. The van der Waals surface area contributed by atoms with E-state index in [1.54, 1.807) is 0 Å². The van der Waals surface area contributed by atoms with Gasteiger partial charge in [-0.25, -0.2) is 4.79 Å². The molecule has 0 unspecified atom stereocenters. The van der Waals surface area contributed by atoms with Gasteiger partial charge in [0.15, 0.2) is 0 Å². The van der Waals surface area contributed by atoms with E-state index in [4.69, 9.17) is 11.6 Å². The molecule has 0 aliphatic heterocycles. The first kappa shape index (κ1) is 14.6. The van der Waals surface area contributed by atoms with Crippen molar-refractivity contribution in [3.8, 4) is 0 Å². The van der Waals surface area contributed by atoms with Crippen molar-refractivity contribution < 1.29 is 22.8 Å². The first-order chi connectivity index (χ1) is 9.27. The molecule has 1 fully saturated rings. The van der Waals surface area contributed by atoms with Crippen LogP contribution >= 0.6 is 11.6 Å². The number of urea groups is 1. The maximum atomic E-state index is 12.6. The van der Waals surface area contributed by atoms with Gasteiger partial charge in [-0.15, -0.1) is 0 Å². The smallest absolute Gasteiger partial charge is 0.308 e. The predicted octanol–water partition coefficient (Wildman–Crippen LogP) is 3.42. The average molecular weight is 307 g/mol. The summed E-state index contributed by atoms with van der Waals surface area (Å²) in [5, 5.41) is 3.76. The number of benzene rings is 1. The second-order valence-corrected chi connectivity index (χ2v) is 4.82. The number of imide groups is 1. The molecule has 0 bridgehead atoms. The number of carbonyl (C=O) groups is 2. The molecule has 3 amide bonds. The lowest BCUT2D eigenvalue weighted by Gasteiger charge is -2.12. The van der Waals surface area contributed by atoms with E-state index in [9.17, 15) is 22.8 Å². The second-order valence-electron chi connectivity index (χ2n) is 4.41. The Hall–Kier alpha value is -1.76. The minimum Gasteiger partial charge on any atom is -0.308 e. The Morgan fingerprint density at radius 1 is 1.25 bits per heavy atom. The normalized spacial score (nSPS) is 14.8. The molecule has 0 spiro atoms. The number of halogens is 4. The maximum Gasteiger partial charge on any atom is 0.417 e. The number of alkyl halides is 3. The average Bonchev–Trinajstić information content (AvgIpc) is 3.13. The van der Waals surface area contributed by atoms with Gasteiger partial charge in [0.25, 0.3) is 0 Å². The summed E-state index contributed by atoms with van der Waals surface area (Å²) >= 11 is 5.45. The van der Waals surface area contributed by atoms with Gasteiger partial charge in [0.05, 0.1) is 10.6 Å².